The van der Waals surface area contributed by atoms with Crippen LogP contribution in [-0.4, -0.2) is 54.7 Å². The van der Waals surface area contributed by atoms with Crippen LogP contribution in [0, 0.1) is 0 Å². The Balaban J connectivity index is 1.77. The SMILES string of the molecule is O=C(c1cscn1)N1CCN(S(=O)(=O)c2ccc(Cl)c(C(F)(F)F)c2)CC1. The van der Waals surface area contributed by atoms with Gasteiger partial charge in [0.1, 0.15) is 5.69 Å². The Kier molecular flexibility index (Phi) is 5.48. The van der Waals surface area contributed by atoms with E-state index in [1.54, 1.807) is 5.38 Å². The monoisotopic (exact) mass is 439 g/mol. The van der Waals surface area contributed by atoms with Crippen molar-refractivity contribution in [3.05, 3.63) is 45.4 Å². The highest BCUT2D eigenvalue weighted by atomic mass is 35.5. The molecule has 1 fully saturated rings. The molecule has 2 aromatic rings. The van der Waals surface area contributed by atoms with Gasteiger partial charge in [-0.1, -0.05) is 11.6 Å². The zero-order chi connectivity index (χ0) is 19.8. The number of sulfonamides is 1. The average Bonchev–Trinajstić information content (AvgIpc) is 3.15. The molecule has 1 amide bonds. The van der Waals surface area contributed by atoms with Crippen LogP contribution in [0.25, 0.3) is 0 Å². The number of aromatic nitrogens is 1. The summed E-state index contributed by atoms with van der Waals surface area (Å²) in [4.78, 5) is 17.1. The van der Waals surface area contributed by atoms with Crippen molar-refractivity contribution < 1.29 is 26.4 Å². The highest BCUT2D eigenvalue weighted by molar-refractivity contribution is 7.89. The quantitative estimate of drug-likeness (QED) is 0.737. The summed E-state index contributed by atoms with van der Waals surface area (Å²) in [6.07, 6.45) is -4.76. The van der Waals surface area contributed by atoms with Gasteiger partial charge in [-0.25, -0.2) is 13.4 Å². The van der Waals surface area contributed by atoms with Gasteiger partial charge in [-0.05, 0) is 18.2 Å². The van der Waals surface area contributed by atoms with Gasteiger partial charge in [0.05, 0.1) is 21.0 Å². The van der Waals surface area contributed by atoms with E-state index in [9.17, 15) is 26.4 Å². The summed E-state index contributed by atoms with van der Waals surface area (Å²) >= 11 is 6.81. The van der Waals surface area contributed by atoms with Crippen LogP contribution < -0.4 is 0 Å². The standard InChI is InChI=1S/C15H13ClF3N3O3S2/c16-12-2-1-10(7-11(12)15(17,18)19)27(24,25)22-5-3-21(4-6-22)14(23)13-8-26-9-20-13/h1-2,7-9H,3-6H2. The van der Waals surface area contributed by atoms with Gasteiger partial charge in [-0.2, -0.15) is 17.5 Å². The van der Waals surface area contributed by atoms with E-state index in [-0.39, 0.29) is 37.8 Å². The van der Waals surface area contributed by atoms with Crippen molar-refractivity contribution >= 4 is 38.9 Å². The number of amides is 1. The van der Waals surface area contributed by atoms with Crippen LogP contribution in [0.1, 0.15) is 16.1 Å². The molecule has 146 valence electrons. The normalized spacial score (nSPS) is 16.5. The van der Waals surface area contributed by atoms with E-state index in [1.807, 2.05) is 0 Å². The summed E-state index contributed by atoms with van der Waals surface area (Å²) < 4.78 is 65.4. The van der Waals surface area contributed by atoms with Gasteiger partial charge in [-0.3, -0.25) is 4.79 Å². The molecule has 1 aromatic heterocycles. The second-order valence-corrected chi connectivity index (χ2v) is 8.77. The lowest BCUT2D eigenvalue weighted by Gasteiger charge is -2.33. The van der Waals surface area contributed by atoms with Crippen LogP contribution in [0.15, 0.2) is 34.0 Å². The van der Waals surface area contributed by atoms with Gasteiger partial charge in [0.25, 0.3) is 5.91 Å². The number of nitrogens with zero attached hydrogens (tertiary/aromatic N) is 3. The van der Waals surface area contributed by atoms with Crippen LogP contribution in [0.5, 0.6) is 0 Å². The van der Waals surface area contributed by atoms with E-state index in [0.29, 0.717) is 6.07 Å². The lowest BCUT2D eigenvalue weighted by Crippen LogP contribution is -2.50. The highest BCUT2D eigenvalue weighted by Crippen LogP contribution is 2.36. The average molecular weight is 440 g/mol. The number of alkyl halides is 3. The summed E-state index contributed by atoms with van der Waals surface area (Å²) in [5, 5.41) is 1.03. The van der Waals surface area contributed by atoms with Crippen LogP contribution in [0.2, 0.25) is 5.02 Å². The molecule has 0 spiro atoms. The highest BCUT2D eigenvalue weighted by Gasteiger charge is 2.36. The number of carbonyl (C=O) groups is 1. The van der Waals surface area contributed by atoms with Crippen molar-refractivity contribution in [2.24, 2.45) is 0 Å². The first-order chi connectivity index (χ1) is 12.6. The van der Waals surface area contributed by atoms with Crippen LogP contribution in [0.4, 0.5) is 13.2 Å². The minimum atomic E-state index is -4.76. The van der Waals surface area contributed by atoms with Crippen LogP contribution in [0.3, 0.4) is 0 Å². The molecule has 6 nitrogen and oxygen atoms in total. The van der Waals surface area contributed by atoms with Crippen LogP contribution in [-0.2, 0) is 16.2 Å². The first-order valence-electron chi connectivity index (χ1n) is 7.65. The maximum absolute atomic E-state index is 13.0. The van der Waals surface area contributed by atoms with E-state index in [4.69, 9.17) is 11.6 Å². The molecule has 0 radical (unpaired) electrons. The Morgan fingerprint density at radius 2 is 1.85 bits per heavy atom. The number of hydrogen-bond acceptors (Lipinski definition) is 5. The number of thiazole rings is 1. The molecule has 0 atom stereocenters. The van der Waals surface area contributed by atoms with E-state index < -0.39 is 31.7 Å². The maximum atomic E-state index is 13.0. The molecule has 1 aliphatic heterocycles. The fourth-order valence-electron chi connectivity index (χ4n) is 2.64. The second-order valence-electron chi connectivity index (χ2n) is 5.71. The molecular formula is C15H13ClF3N3O3S2. The summed E-state index contributed by atoms with van der Waals surface area (Å²) in [5.41, 5.74) is 0.596. The Hall–Kier alpha value is -1.69. The van der Waals surface area contributed by atoms with Gasteiger partial charge in [0, 0.05) is 31.6 Å². The zero-order valence-electron chi connectivity index (χ0n) is 13.6. The zero-order valence-corrected chi connectivity index (χ0v) is 16.0. The fraction of sp³-hybridized carbons (Fsp3) is 0.333. The van der Waals surface area contributed by atoms with Gasteiger partial charge in [0.2, 0.25) is 10.0 Å². The third-order valence-electron chi connectivity index (χ3n) is 4.06. The number of hydrogen-bond donors (Lipinski definition) is 0. The number of piperazine rings is 1. The second kappa shape index (κ2) is 7.38. The lowest BCUT2D eigenvalue weighted by atomic mass is 10.2. The van der Waals surface area contributed by atoms with Gasteiger partial charge >= 0.3 is 6.18 Å². The topological polar surface area (TPSA) is 70.6 Å². The van der Waals surface area contributed by atoms with Crippen molar-refractivity contribution in [1.29, 1.82) is 0 Å². The van der Waals surface area contributed by atoms with Crippen molar-refractivity contribution in [1.82, 2.24) is 14.2 Å². The van der Waals surface area contributed by atoms with Gasteiger partial charge in [-0.15, -0.1) is 11.3 Å². The third kappa shape index (κ3) is 4.10. The summed E-state index contributed by atoms with van der Waals surface area (Å²) in [6.45, 7) is 0.189. The summed E-state index contributed by atoms with van der Waals surface area (Å²) in [6, 6.07) is 2.49. The number of rotatable bonds is 3. The van der Waals surface area contributed by atoms with E-state index in [1.165, 1.54) is 21.7 Å². The molecule has 1 saturated heterocycles. The van der Waals surface area contributed by atoms with E-state index in [0.717, 1.165) is 16.4 Å². The van der Waals surface area contributed by atoms with E-state index in [2.05, 4.69) is 4.98 Å². The first kappa shape index (κ1) is 20.1. The number of benzene rings is 1. The van der Waals surface area contributed by atoms with Crippen molar-refractivity contribution in [2.45, 2.75) is 11.1 Å². The molecule has 0 aliphatic carbocycles. The molecule has 0 unspecified atom stereocenters. The molecule has 2 heterocycles. The maximum Gasteiger partial charge on any atom is 0.417 e. The Bertz CT molecular complexity index is 941. The lowest BCUT2D eigenvalue weighted by molar-refractivity contribution is -0.137. The Labute approximate surface area is 162 Å². The van der Waals surface area contributed by atoms with E-state index >= 15 is 0 Å². The minimum Gasteiger partial charge on any atom is -0.335 e. The number of carbonyl (C=O) groups excluding carboxylic acids is 1. The molecular weight excluding hydrogens is 427 g/mol. The number of halogens is 4. The first-order valence-corrected chi connectivity index (χ1v) is 10.4. The minimum absolute atomic E-state index is 0.0256. The van der Waals surface area contributed by atoms with Gasteiger partial charge in [0.15, 0.2) is 0 Å². The van der Waals surface area contributed by atoms with Crippen LogP contribution >= 0.6 is 22.9 Å². The van der Waals surface area contributed by atoms with Gasteiger partial charge < -0.3 is 4.90 Å². The predicted molar refractivity (Wildman–Crippen MR) is 93.2 cm³/mol. The smallest absolute Gasteiger partial charge is 0.335 e. The fourth-order valence-corrected chi connectivity index (χ4v) is 4.84. The molecule has 0 saturated carbocycles. The molecule has 1 aromatic carbocycles. The van der Waals surface area contributed by atoms with Crippen molar-refractivity contribution in [3.8, 4) is 0 Å². The molecule has 12 heteroatoms. The molecule has 3 rings (SSSR count). The third-order valence-corrected chi connectivity index (χ3v) is 6.87. The summed E-state index contributed by atoms with van der Waals surface area (Å²) in [7, 11) is -4.14. The molecule has 0 N–H and O–H groups in total. The van der Waals surface area contributed by atoms with Crippen molar-refractivity contribution in [2.75, 3.05) is 26.2 Å². The predicted octanol–water partition coefficient (Wildman–Crippen LogP) is 2.96. The Morgan fingerprint density at radius 3 is 2.41 bits per heavy atom. The summed E-state index contributed by atoms with van der Waals surface area (Å²) in [5.74, 6) is -0.306. The molecule has 27 heavy (non-hydrogen) atoms. The Morgan fingerprint density at radius 1 is 1.19 bits per heavy atom. The molecule has 1 aliphatic rings. The molecule has 0 bridgehead atoms. The largest absolute Gasteiger partial charge is 0.417 e. The van der Waals surface area contributed by atoms with Crippen molar-refractivity contribution in [3.63, 3.8) is 0 Å².